The molecule has 0 saturated heterocycles. The molecule has 2 fully saturated rings. The van der Waals surface area contributed by atoms with Crippen LogP contribution < -0.4 is 0 Å². The molecular formula is C55H96F5NO8. The fourth-order valence-electron chi connectivity index (χ4n) is 10.2. The minimum atomic E-state index is -3.06. The van der Waals surface area contributed by atoms with Crippen molar-refractivity contribution in [2.45, 2.75) is 240 Å². The third kappa shape index (κ3) is 27.0. The Balaban J connectivity index is 0. The van der Waals surface area contributed by atoms with E-state index in [2.05, 4.69) is 18.6 Å². The second-order valence-electron chi connectivity index (χ2n) is 20.2. The summed E-state index contributed by atoms with van der Waals surface area (Å²) >= 11 is 0. The fraction of sp³-hybridized carbons (Fsp3) is 0.836. The number of unbranched alkanes of at least 4 members (excludes halogenated alkanes) is 6. The second-order valence-corrected chi connectivity index (χ2v) is 20.2. The van der Waals surface area contributed by atoms with Gasteiger partial charge in [0.1, 0.15) is 18.8 Å². The molecule has 1 aromatic carbocycles. The van der Waals surface area contributed by atoms with Gasteiger partial charge in [-0.3, -0.25) is 14.3 Å². The lowest BCUT2D eigenvalue weighted by molar-refractivity contribution is -0.145. The Hall–Kier alpha value is -2.86. The Labute approximate surface area is 414 Å². The molecule has 14 heteroatoms. The van der Waals surface area contributed by atoms with Gasteiger partial charge in [0.15, 0.2) is 0 Å². The number of ether oxygens (including phenoxy) is 2. The smallest absolute Gasteiger partial charge is 0.306 e. The summed E-state index contributed by atoms with van der Waals surface area (Å²) in [6.45, 7) is 13.2. The summed E-state index contributed by atoms with van der Waals surface area (Å²) in [6, 6.07) is 11.4. The Bertz CT molecular complexity index is 1500. The molecule has 0 radical (unpaired) electrons. The van der Waals surface area contributed by atoms with E-state index >= 15 is 0 Å². The predicted molar refractivity (Wildman–Crippen MR) is 266 cm³/mol. The normalized spacial score (nSPS) is 23.8. The lowest BCUT2D eigenvalue weighted by atomic mass is 9.81. The third-order valence-electron chi connectivity index (χ3n) is 14.7. The Morgan fingerprint density at radius 3 is 1.45 bits per heavy atom. The molecule has 2 unspecified atom stereocenters. The van der Waals surface area contributed by atoms with Crippen molar-refractivity contribution in [1.82, 2.24) is 0 Å². The number of hydrogen-bond donors (Lipinski definition) is 4. The van der Waals surface area contributed by atoms with Gasteiger partial charge < -0.3 is 29.9 Å². The van der Waals surface area contributed by atoms with Gasteiger partial charge in [0, 0.05) is 32.6 Å². The van der Waals surface area contributed by atoms with Crippen LogP contribution in [0, 0.1) is 58.7 Å². The highest BCUT2D eigenvalue weighted by Gasteiger charge is 2.44. The van der Waals surface area contributed by atoms with Crippen LogP contribution in [0.1, 0.15) is 203 Å². The van der Waals surface area contributed by atoms with E-state index in [4.69, 9.17) is 10.00 Å². The van der Waals surface area contributed by atoms with Crippen molar-refractivity contribution < 1.29 is 61.8 Å². The maximum absolute atomic E-state index is 14.4. The molecule has 1 aromatic rings. The molecule has 0 heterocycles. The van der Waals surface area contributed by atoms with E-state index in [1.54, 1.807) is 19.9 Å². The van der Waals surface area contributed by atoms with Crippen LogP contribution in [0.15, 0.2) is 30.3 Å². The first-order valence-corrected chi connectivity index (χ1v) is 25.7. The molecule has 4 N–H and O–H groups in total. The summed E-state index contributed by atoms with van der Waals surface area (Å²) in [5.41, 5.74) is 0.978. The molecule has 2 aliphatic rings. The quantitative estimate of drug-likeness (QED) is 0.0335. The number of alkyl halides is 4. The van der Waals surface area contributed by atoms with Gasteiger partial charge >= 0.3 is 11.9 Å². The lowest BCUT2D eigenvalue weighted by Gasteiger charge is -2.29. The molecule has 0 aromatic heterocycles. The van der Waals surface area contributed by atoms with Crippen LogP contribution in [0.3, 0.4) is 0 Å². The van der Waals surface area contributed by atoms with E-state index in [1.807, 2.05) is 44.2 Å². The largest absolute Gasteiger partial charge is 0.469 e. The van der Waals surface area contributed by atoms with Gasteiger partial charge in [-0.25, -0.2) is 17.6 Å². The van der Waals surface area contributed by atoms with E-state index in [0.29, 0.717) is 58.0 Å². The van der Waals surface area contributed by atoms with Crippen molar-refractivity contribution in [1.29, 1.82) is 5.26 Å². The van der Waals surface area contributed by atoms with Gasteiger partial charge in [0.05, 0.1) is 25.4 Å². The molecule has 2 aliphatic carbocycles. The standard InChI is InChI=1S/C29H46F2O4.C23H42F2O4.C2H3N.CH4.FH/c1-4-21(2)19-29(30,31)27(33)17-16-24-22(3)18-26(32)25(24)14-10-5-6-11-15-28(34)35-20-23-12-8-7-9-13-23;1-5-16(2)15-23(24,25)21(27)13-12-18-17(3)14-20(26)19(18)10-8-6-7-9-11-22(28)29-4;1-2-3;;/h7-9,12-13,21-22,24-27,32-33H,4-6,10-11,14-20H2,1-3H3;16-21,26-27H,5-15H2,1-4H3;1H3;1H4;1H/t21-,22+,24-,25+,26-,27?;16-,17+,18-,19+,20-,21?;;;/m00.../s1. The molecule has 0 bridgehead atoms. The van der Waals surface area contributed by atoms with Crippen LogP contribution in [0.5, 0.6) is 0 Å². The molecule has 69 heavy (non-hydrogen) atoms. The maximum Gasteiger partial charge on any atom is 0.306 e. The lowest BCUT2D eigenvalue weighted by Crippen LogP contribution is -2.36. The van der Waals surface area contributed by atoms with Crippen LogP contribution in [-0.4, -0.2) is 75.7 Å². The zero-order valence-corrected chi connectivity index (χ0v) is 42.9. The van der Waals surface area contributed by atoms with Crippen molar-refractivity contribution in [2.75, 3.05) is 7.11 Å². The number of aliphatic hydroxyl groups is 4. The van der Waals surface area contributed by atoms with Gasteiger partial charge in [-0.15, -0.1) is 0 Å². The number of hydrogen-bond acceptors (Lipinski definition) is 9. The molecular weight excluding hydrogens is 898 g/mol. The molecule has 2 saturated carbocycles. The number of benzene rings is 1. The van der Waals surface area contributed by atoms with Crippen LogP contribution in [0.2, 0.25) is 0 Å². The van der Waals surface area contributed by atoms with E-state index in [1.165, 1.54) is 14.0 Å². The van der Waals surface area contributed by atoms with E-state index in [0.717, 1.165) is 69.8 Å². The molecule has 0 amide bonds. The molecule has 0 aliphatic heterocycles. The molecule has 9 nitrogen and oxygen atoms in total. The number of nitriles is 1. The molecule has 3 rings (SSSR count). The van der Waals surface area contributed by atoms with E-state index in [-0.39, 0.29) is 103 Å². The number of halogens is 5. The number of nitrogens with zero attached hydrogens (tertiary/aromatic N) is 1. The van der Waals surface area contributed by atoms with Crippen molar-refractivity contribution in [3.8, 4) is 6.07 Å². The average Bonchev–Trinajstić information content (AvgIpc) is 3.72. The molecule has 0 spiro atoms. The topological polar surface area (TPSA) is 157 Å². The number of esters is 2. The Morgan fingerprint density at radius 2 is 1.07 bits per heavy atom. The number of carbonyl (C=O) groups is 2. The number of methoxy groups -OCH3 is 1. The SMILES string of the molecule is C.CC#N.CC[C@H](C)CC(F)(F)C(O)CC[C@@H]1[C@@H](CCCCCCC(=O)OC)[C@@H](O)C[C@H]1C.CC[C@H](C)CC(F)(F)C(O)CC[C@@H]1[C@@H](CCCCCCC(=O)OCc2ccccc2)[C@@H](O)C[C@H]1C.F. The maximum atomic E-state index is 14.4. The van der Waals surface area contributed by atoms with Crippen LogP contribution in [-0.2, 0) is 25.7 Å². The minimum Gasteiger partial charge on any atom is -0.469 e. The summed E-state index contributed by atoms with van der Waals surface area (Å²) < 4.78 is 67.2. The average molecular weight is 994 g/mol. The van der Waals surface area contributed by atoms with Crippen LogP contribution in [0.4, 0.5) is 22.3 Å². The third-order valence-corrected chi connectivity index (χ3v) is 14.7. The first kappa shape index (κ1) is 68.2. The van der Waals surface area contributed by atoms with Crippen molar-refractivity contribution in [3.63, 3.8) is 0 Å². The molecule has 404 valence electrons. The zero-order chi connectivity index (χ0) is 50.6. The summed E-state index contributed by atoms with van der Waals surface area (Å²) in [5, 5.41) is 48.6. The van der Waals surface area contributed by atoms with Gasteiger partial charge in [-0.2, -0.15) is 5.26 Å². The zero-order valence-electron chi connectivity index (χ0n) is 42.9. The summed E-state index contributed by atoms with van der Waals surface area (Å²) in [4.78, 5) is 23.0. The minimum absolute atomic E-state index is 0. The van der Waals surface area contributed by atoms with E-state index < -0.39 is 30.2 Å². The van der Waals surface area contributed by atoms with Gasteiger partial charge in [0.2, 0.25) is 0 Å². The second kappa shape index (κ2) is 37.0. The monoisotopic (exact) mass is 994 g/mol. The number of carbonyl (C=O) groups excluding carboxylic acids is 2. The van der Waals surface area contributed by atoms with Gasteiger partial charge in [-0.1, -0.05) is 131 Å². The highest BCUT2D eigenvalue weighted by Crippen LogP contribution is 2.45. The first-order chi connectivity index (χ1) is 31.7. The van der Waals surface area contributed by atoms with Gasteiger partial charge in [0.25, 0.3) is 11.8 Å². The summed E-state index contributed by atoms with van der Waals surface area (Å²) in [7, 11) is 1.39. The van der Waals surface area contributed by atoms with Crippen LogP contribution in [0.25, 0.3) is 0 Å². The summed E-state index contributed by atoms with van der Waals surface area (Å²) in [6.07, 6.45) is 9.24. The highest BCUT2D eigenvalue weighted by atomic mass is 19.3. The Morgan fingerprint density at radius 1 is 0.696 bits per heavy atom. The predicted octanol–water partition coefficient (Wildman–Crippen LogP) is 13.6. The Kier molecular flexibility index (Phi) is 36.6. The number of aliphatic hydroxyl groups excluding tert-OH is 4. The molecule has 12 atom stereocenters. The first-order valence-electron chi connectivity index (χ1n) is 25.7. The number of rotatable bonds is 30. The van der Waals surface area contributed by atoms with Crippen molar-refractivity contribution >= 4 is 11.9 Å². The highest BCUT2D eigenvalue weighted by molar-refractivity contribution is 5.69. The summed E-state index contributed by atoms with van der Waals surface area (Å²) in [5.74, 6) is -5.62. The van der Waals surface area contributed by atoms with Gasteiger partial charge in [-0.05, 0) is 117 Å². The van der Waals surface area contributed by atoms with Crippen molar-refractivity contribution in [2.24, 2.45) is 47.3 Å². The fourth-order valence-corrected chi connectivity index (χ4v) is 10.2. The van der Waals surface area contributed by atoms with Crippen LogP contribution >= 0.6 is 0 Å². The van der Waals surface area contributed by atoms with Crippen molar-refractivity contribution in [3.05, 3.63) is 35.9 Å². The van der Waals surface area contributed by atoms with E-state index in [9.17, 15) is 47.6 Å².